The first-order valence-electron chi connectivity index (χ1n) is 7.19. The van der Waals surface area contributed by atoms with Crippen LogP contribution < -0.4 is 15.5 Å². The van der Waals surface area contributed by atoms with Crippen molar-refractivity contribution in [1.29, 1.82) is 0 Å². The highest BCUT2D eigenvalue weighted by Crippen LogP contribution is 2.32. The molecule has 0 unspecified atom stereocenters. The van der Waals surface area contributed by atoms with E-state index in [2.05, 4.69) is 47.2 Å². The van der Waals surface area contributed by atoms with Crippen molar-refractivity contribution < 1.29 is 0 Å². The van der Waals surface area contributed by atoms with Gasteiger partial charge in [-0.05, 0) is 43.2 Å². The molecule has 104 valence electrons. The van der Waals surface area contributed by atoms with E-state index in [-0.39, 0.29) is 0 Å². The van der Waals surface area contributed by atoms with Crippen molar-refractivity contribution in [3.63, 3.8) is 0 Å². The number of nitrogens with two attached hydrogens (primary N) is 1. The predicted molar refractivity (Wildman–Crippen MR) is 86.8 cm³/mol. The molecule has 0 saturated carbocycles. The Morgan fingerprint density at radius 2 is 1.70 bits per heavy atom. The van der Waals surface area contributed by atoms with Crippen LogP contribution in [0.4, 0.5) is 22.7 Å². The normalized spacial score (nSPS) is 14.6. The lowest BCUT2D eigenvalue weighted by atomic mass is 10.2. The molecule has 0 radical (unpaired) electrons. The Kier molecular flexibility index (Phi) is 3.50. The summed E-state index contributed by atoms with van der Waals surface area (Å²) in [6.07, 6.45) is 2.57. The number of benzene rings is 2. The van der Waals surface area contributed by atoms with E-state index in [9.17, 15) is 0 Å². The summed E-state index contributed by atoms with van der Waals surface area (Å²) in [4.78, 5) is 4.53. The zero-order valence-electron chi connectivity index (χ0n) is 11.9. The molecule has 1 aliphatic heterocycles. The van der Waals surface area contributed by atoms with Gasteiger partial charge in [0.15, 0.2) is 0 Å². The lowest BCUT2D eigenvalue weighted by Gasteiger charge is -2.24. The minimum Gasteiger partial charge on any atom is -0.397 e. The van der Waals surface area contributed by atoms with E-state index < -0.39 is 0 Å². The summed E-state index contributed by atoms with van der Waals surface area (Å²) in [5, 5.41) is 0. The molecule has 0 aromatic heterocycles. The van der Waals surface area contributed by atoms with Crippen LogP contribution in [0.15, 0.2) is 48.5 Å². The quantitative estimate of drug-likeness (QED) is 0.862. The maximum atomic E-state index is 6.26. The second kappa shape index (κ2) is 5.45. The number of nitrogen functional groups attached to an aromatic ring is 1. The lowest BCUT2D eigenvalue weighted by Crippen LogP contribution is -2.18. The molecule has 2 aromatic carbocycles. The first kappa shape index (κ1) is 12.9. The van der Waals surface area contributed by atoms with E-state index in [0.29, 0.717) is 0 Å². The SMILES string of the molecule is CN(c1ccccc1)c1ccc(N2CCCC2)cc1N. The molecule has 0 atom stereocenters. The number of anilines is 4. The number of hydrogen-bond donors (Lipinski definition) is 1. The van der Waals surface area contributed by atoms with Crippen molar-refractivity contribution in [2.75, 3.05) is 35.7 Å². The fraction of sp³-hybridized carbons (Fsp3) is 0.294. The molecule has 0 spiro atoms. The lowest BCUT2D eigenvalue weighted by molar-refractivity contribution is 0.949. The largest absolute Gasteiger partial charge is 0.397 e. The highest BCUT2D eigenvalue weighted by Gasteiger charge is 2.14. The summed E-state index contributed by atoms with van der Waals surface area (Å²) in [6, 6.07) is 16.7. The molecule has 1 fully saturated rings. The molecule has 1 aliphatic rings. The van der Waals surface area contributed by atoms with Crippen molar-refractivity contribution in [3.8, 4) is 0 Å². The van der Waals surface area contributed by atoms with Gasteiger partial charge in [0.2, 0.25) is 0 Å². The van der Waals surface area contributed by atoms with Gasteiger partial charge in [-0.3, -0.25) is 0 Å². The van der Waals surface area contributed by atoms with E-state index in [0.717, 1.165) is 30.2 Å². The Morgan fingerprint density at radius 3 is 2.35 bits per heavy atom. The molecule has 1 heterocycles. The van der Waals surface area contributed by atoms with E-state index >= 15 is 0 Å². The smallest absolute Gasteiger partial charge is 0.0643 e. The minimum absolute atomic E-state index is 0.834. The standard InChI is InChI=1S/C17H21N3/c1-19(14-7-3-2-4-8-14)17-10-9-15(13-16(17)18)20-11-5-6-12-20/h2-4,7-10,13H,5-6,11-12,18H2,1H3. The maximum Gasteiger partial charge on any atom is 0.0643 e. The van der Waals surface area contributed by atoms with E-state index in [1.165, 1.54) is 18.5 Å². The van der Waals surface area contributed by atoms with Crippen molar-refractivity contribution in [2.24, 2.45) is 0 Å². The molecule has 0 bridgehead atoms. The van der Waals surface area contributed by atoms with Crippen LogP contribution in [-0.2, 0) is 0 Å². The molecule has 1 saturated heterocycles. The molecule has 20 heavy (non-hydrogen) atoms. The van der Waals surface area contributed by atoms with Gasteiger partial charge in [0, 0.05) is 31.5 Å². The molecule has 2 aromatic rings. The fourth-order valence-corrected chi connectivity index (χ4v) is 2.81. The highest BCUT2D eigenvalue weighted by molar-refractivity contribution is 5.77. The maximum absolute atomic E-state index is 6.26. The van der Waals surface area contributed by atoms with Crippen molar-refractivity contribution in [1.82, 2.24) is 0 Å². The van der Waals surface area contributed by atoms with Crippen LogP contribution in [0.25, 0.3) is 0 Å². The number of para-hydroxylation sites is 1. The summed E-state index contributed by atoms with van der Waals surface area (Å²) >= 11 is 0. The topological polar surface area (TPSA) is 32.5 Å². The van der Waals surface area contributed by atoms with Crippen LogP contribution >= 0.6 is 0 Å². The average molecular weight is 267 g/mol. The van der Waals surface area contributed by atoms with Crippen molar-refractivity contribution in [3.05, 3.63) is 48.5 Å². The molecular formula is C17H21N3. The number of hydrogen-bond acceptors (Lipinski definition) is 3. The molecular weight excluding hydrogens is 246 g/mol. The van der Waals surface area contributed by atoms with E-state index in [1.807, 2.05) is 18.2 Å². The molecule has 2 N–H and O–H groups in total. The van der Waals surface area contributed by atoms with Crippen molar-refractivity contribution >= 4 is 22.7 Å². The molecule has 3 nitrogen and oxygen atoms in total. The van der Waals surface area contributed by atoms with Crippen LogP contribution in [0.3, 0.4) is 0 Å². The van der Waals surface area contributed by atoms with Gasteiger partial charge in [0.05, 0.1) is 11.4 Å². The van der Waals surface area contributed by atoms with Crippen LogP contribution in [0.2, 0.25) is 0 Å². The summed E-state index contributed by atoms with van der Waals surface area (Å²) < 4.78 is 0. The summed E-state index contributed by atoms with van der Waals surface area (Å²) in [5.74, 6) is 0. The van der Waals surface area contributed by atoms with E-state index in [1.54, 1.807) is 0 Å². The minimum atomic E-state index is 0.834. The van der Waals surface area contributed by atoms with Gasteiger partial charge in [-0.2, -0.15) is 0 Å². The zero-order valence-corrected chi connectivity index (χ0v) is 11.9. The predicted octanol–water partition coefficient (Wildman–Crippen LogP) is 3.64. The van der Waals surface area contributed by atoms with Crippen molar-refractivity contribution in [2.45, 2.75) is 12.8 Å². The number of nitrogens with zero attached hydrogens (tertiary/aromatic N) is 2. The van der Waals surface area contributed by atoms with E-state index in [4.69, 9.17) is 5.73 Å². The van der Waals surface area contributed by atoms with Gasteiger partial charge in [0.1, 0.15) is 0 Å². The Balaban J connectivity index is 1.87. The summed E-state index contributed by atoms with van der Waals surface area (Å²) in [6.45, 7) is 2.29. The Labute approximate surface area is 120 Å². The Morgan fingerprint density at radius 1 is 1.00 bits per heavy atom. The molecule has 3 heteroatoms. The van der Waals surface area contributed by atoms with Crippen LogP contribution in [0.1, 0.15) is 12.8 Å². The van der Waals surface area contributed by atoms with Crippen LogP contribution in [0.5, 0.6) is 0 Å². The van der Waals surface area contributed by atoms with Gasteiger partial charge in [-0.15, -0.1) is 0 Å². The Bertz CT molecular complexity index is 574. The second-order valence-electron chi connectivity index (χ2n) is 5.33. The third kappa shape index (κ3) is 2.44. The van der Waals surface area contributed by atoms with Crippen LogP contribution in [0, 0.1) is 0 Å². The first-order valence-corrected chi connectivity index (χ1v) is 7.19. The summed E-state index contributed by atoms with van der Waals surface area (Å²) in [7, 11) is 2.05. The molecule has 0 amide bonds. The van der Waals surface area contributed by atoms with Gasteiger partial charge in [0.25, 0.3) is 0 Å². The third-order valence-electron chi connectivity index (χ3n) is 3.99. The zero-order chi connectivity index (χ0) is 13.9. The van der Waals surface area contributed by atoms with Gasteiger partial charge in [-0.25, -0.2) is 0 Å². The van der Waals surface area contributed by atoms with Gasteiger partial charge >= 0.3 is 0 Å². The van der Waals surface area contributed by atoms with Gasteiger partial charge < -0.3 is 15.5 Å². The molecule has 3 rings (SSSR count). The highest BCUT2D eigenvalue weighted by atomic mass is 15.1. The Hall–Kier alpha value is -2.16. The number of rotatable bonds is 3. The van der Waals surface area contributed by atoms with Gasteiger partial charge in [-0.1, -0.05) is 18.2 Å². The fourth-order valence-electron chi connectivity index (χ4n) is 2.81. The second-order valence-corrected chi connectivity index (χ2v) is 5.33. The monoisotopic (exact) mass is 267 g/mol. The first-order chi connectivity index (χ1) is 9.75. The average Bonchev–Trinajstić information content (AvgIpc) is 3.01. The molecule has 0 aliphatic carbocycles. The summed E-state index contributed by atoms with van der Waals surface area (Å²) in [5.41, 5.74) is 10.5. The third-order valence-corrected chi connectivity index (χ3v) is 3.99. The van der Waals surface area contributed by atoms with Crippen LogP contribution in [-0.4, -0.2) is 20.1 Å².